The maximum Gasteiger partial charge on any atom is 0.509 e. The van der Waals surface area contributed by atoms with Crippen molar-refractivity contribution in [3.8, 4) is 0 Å². The van der Waals surface area contributed by atoms with E-state index in [4.69, 9.17) is 21.1 Å². The molecule has 1 amide bonds. The molecule has 1 atom stereocenters. The molecule has 1 aliphatic heterocycles. The standard InChI is InChI=1S/C31H34ClN3O8S/c32-19-42-30(38)43-23-9-7-21(8-10-23)22-4-1-3-20(17-22)18-41-29(37)34-27-12-16-35(31(27)13-14-31)44(39,40)26-6-2-5-25-24(26)11-15-33-28(25)36/h1-6,11,15,17,21,23,27H,7-10,12-14,16,18-19H2,(H,33,36)(H,34,37). The summed E-state index contributed by atoms with van der Waals surface area (Å²) in [5.74, 6) is 0.300. The molecule has 2 aliphatic carbocycles. The van der Waals surface area contributed by atoms with Gasteiger partial charge in [0.25, 0.3) is 5.56 Å². The van der Waals surface area contributed by atoms with Crippen LogP contribution in [0.4, 0.5) is 9.59 Å². The summed E-state index contributed by atoms with van der Waals surface area (Å²) < 4.78 is 44.7. The van der Waals surface area contributed by atoms with Gasteiger partial charge in [0.15, 0.2) is 6.07 Å². The topological polar surface area (TPSA) is 144 Å². The number of amides is 1. The van der Waals surface area contributed by atoms with E-state index in [1.807, 2.05) is 24.3 Å². The number of sulfonamides is 1. The highest BCUT2D eigenvalue weighted by molar-refractivity contribution is 7.89. The first kappa shape index (κ1) is 30.4. The van der Waals surface area contributed by atoms with Gasteiger partial charge >= 0.3 is 12.2 Å². The predicted octanol–water partition coefficient (Wildman–Crippen LogP) is 5.13. The second-order valence-corrected chi connectivity index (χ2v) is 13.7. The third-order valence-corrected chi connectivity index (χ3v) is 11.2. The summed E-state index contributed by atoms with van der Waals surface area (Å²) in [7, 11) is -3.93. The molecular formula is C31H34ClN3O8S. The van der Waals surface area contributed by atoms with Crippen LogP contribution < -0.4 is 10.9 Å². The van der Waals surface area contributed by atoms with Crippen molar-refractivity contribution >= 4 is 44.6 Å². The maximum atomic E-state index is 13.8. The molecule has 44 heavy (non-hydrogen) atoms. The molecular weight excluding hydrogens is 610 g/mol. The number of halogens is 1. The molecule has 11 nitrogen and oxygen atoms in total. The van der Waals surface area contributed by atoms with Gasteiger partial charge in [-0.05, 0) is 80.2 Å². The number of nitrogens with one attached hydrogen (secondary N) is 2. The fourth-order valence-electron chi connectivity index (χ4n) is 6.74. The molecule has 0 radical (unpaired) electrons. The Morgan fingerprint density at radius 3 is 2.52 bits per heavy atom. The molecule has 1 aromatic heterocycles. The number of carbonyl (C=O) groups is 2. The van der Waals surface area contributed by atoms with Crippen LogP contribution in [0.15, 0.2) is 64.4 Å². The van der Waals surface area contributed by atoms with Gasteiger partial charge in [0.1, 0.15) is 12.7 Å². The van der Waals surface area contributed by atoms with E-state index in [9.17, 15) is 22.8 Å². The molecule has 2 aromatic carbocycles. The predicted molar refractivity (Wildman–Crippen MR) is 162 cm³/mol. The Balaban J connectivity index is 1.05. The summed E-state index contributed by atoms with van der Waals surface area (Å²) >= 11 is 5.41. The van der Waals surface area contributed by atoms with Gasteiger partial charge in [-0.2, -0.15) is 4.31 Å². The minimum Gasteiger partial charge on any atom is -0.445 e. The summed E-state index contributed by atoms with van der Waals surface area (Å²) in [5, 5.41) is 3.61. The molecule has 1 spiro atoms. The Morgan fingerprint density at radius 2 is 1.77 bits per heavy atom. The Labute approximate surface area is 259 Å². The Kier molecular flexibility index (Phi) is 8.58. The van der Waals surface area contributed by atoms with E-state index < -0.39 is 27.8 Å². The Hall–Kier alpha value is -3.61. The fraction of sp³-hybridized carbons (Fsp3) is 0.452. The van der Waals surface area contributed by atoms with Crippen LogP contribution in [0.25, 0.3) is 10.8 Å². The molecule has 234 valence electrons. The monoisotopic (exact) mass is 643 g/mol. The molecule has 2 saturated carbocycles. The number of hydrogen-bond donors (Lipinski definition) is 2. The van der Waals surface area contributed by atoms with E-state index in [2.05, 4.69) is 15.0 Å². The number of fused-ring (bicyclic) bond motifs is 1. The molecule has 1 unspecified atom stereocenters. The first-order chi connectivity index (χ1) is 21.2. The van der Waals surface area contributed by atoms with Crippen molar-refractivity contribution in [2.75, 3.05) is 12.6 Å². The van der Waals surface area contributed by atoms with Crippen molar-refractivity contribution < 1.29 is 32.2 Å². The number of H-pyrrole nitrogens is 1. The highest BCUT2D eigenvalue weighted by atomic mass is 35.5. The molecule has 3 aliphatic rings. The second-order valence-electron chi connectivity index (χ2n) is 11.6. The summed E-state index contributed by atoms with van der Waals surface area (Å²) in [4.78, 5) is 39.4. The molecule has 3 aromatic rings. The number of hydrogen-bond acceptors (Lipinski definition) is 8. The van der Waals surface area contributed by atoms with Crippen LogP contribution in [0.5, 0.6) is 0 Å². The van der Waals surface area contributed by atoms with Gasteiger partial charge in [0.2, 0.25) is 10.0 Å². The minimum atomic E-state index is -3.93. The number of pyridine rings is 1. The van der Waals surface area contributed by atoms with Gasteiger partial charge in [-0.1, -0.05) is 41.9 Å². The van der Waals surface area contributed by atoms with Crippen molar-refractivity contribution in [3.05, 3.63) is 76.2 Å². The van der Waals surface area contributed by atoms with Gasteiger partial charge < -0.3 is 24.5 Å². The number of aromatic amines is 1. The summed E-state index contributed by atoms with van der Waals surface area (Å²) in [6, 6.07) is 13.6. The minimum absolute atomic E-state index is 0.0781. The zero-order valence-electron chi connectivity index (χ0n) is 24.0. The van der Waals surface area contributed by atoms with Gasteiger partial charge in [-0.25, -0.2) is 18.0 Å². The van der Waals surface area contributed by atoms with Crippen LogP contribution in [0, 0.1) is 0 Å². The van der Waals surface area contributed by atoms with Crippen LogP contribution in [0.3, 0.4) is 0 Å². The van der Waals surface area contributed by atoms with Crippen molar-refractivity contribution in [3.63, 3.8) is 0 Å². The van der Waals surface area contributed by atoms with Crippen molar-refractivity contribution in [2.45, 2.75) is 80.1 Å². The highest BCUT2D eigenvalue weighted by Crippen LogP contribution is 2.52. The third-order valence-electron chi connectivity index (χ3n) is 9.07. The Morgan fingerprint density at radius 1 is 1.00 bits per heavy atom. The zero-order valence-corrected chi connectivity index (χ0v) is 25.6. The lowest BCUT2D eigenvalue weighted by Gasteiger charge is -2.28. The highest BCUT2D eigenvalue weighted by Gasteiger charge is 2.62. The quantitative estimate of drug-likeness (QED) is 0.254. The van der Waals surface area contributed by atoms with Crippen LogP contribution in [0.2, 0.25) is 0 Å². The Bertz CT molecular complexity index is 1720. The smallest absolute Gasteiger partial charge is 0.445 e. The van der Waals surface area contributed by atoms with E-state index in [0.29, 0.717) is 36.0 Å². The number of carbonyl (C=O) groups excluding carboxylic acids is 2. The summed E-state index contributed by atoms with van der Waals surface area (Å²) in [6.07, 6.45) is 4.78. The number of ether oxygens (including phenoxy) is 3. The number of benzene rings is 2. The first-order valence-electron chi connectivity index (χ1n) is 14.8. The van der Waals surface area contributed by atoms with Gasteiger partial charge in [0, 0.05) is 23.5 Å². The molecule has 6 rings (SSSR count). The summed E-state index contributed by atoms with van der Waals surface area (Å²) in [6.45, 7) is 0.338. The van der Waals surface area contributed by atoms with Crippen LogP contribution in [0.1, 0.15) is 62.0 Å². The number of alkyl halides is 1. The number of alkyl carbamates (subject to hydrolysis) is 1. The average molecular weight is 644 g/mol. The number of aromatic nitrogens is 1. The number of rotatable bonds is 8. The van der Waals surface area contributed by atoms with Gasteiger partial charge in [-0.15, -0.1) is 0 Å². The summed E-state index contributed by atoms with van der Waals surface area (Å²) in [5.41, 5.74) is 0.936. The lowest BCUT2D eigenvalue weighted by molar-refractivity contribution is 0.0174. The normalized spacial score (nSPS) is 22.9. The molecule has 2 N–H and O–H groups in total. The van der Waals surface area contributed by atoms with Crippen molar-refractivity contribution in [2.24, 2.45) is 0 Å². The van der Waals surface area contributed by atoms with E-state index in [1.54, 1.807) is 18.2 Å². The molecule has 2 heterocycles. The van der Waals surface area contributed by atoms with Gasteiger partial charge in [-0.3, -0.25) is 4.79 Å². The second kappa shape index (κ2) is 12.4. The zero-order chi connectivity index (χ0) is 30.9. The largest absolute Gasteiger partial charge is 0.509 e. The SMILES string of the molecule is O=C(NC1CCN(S(=O)(=O)c2cccc3c(=O)[nH]ccc23)C12CC2)OCc1cccc(C2CCC(OC(=O)OCCl)CC2)c1. The van der Waals surface area contributed by atoms with E-state index in [0.717, 1.165) is 36.8 Å². The lowest BCUT2D eigenvalue weighted by Crippen LogP contribution is -2.48. The van der Waals surface area contributed by atoms with Crippen LogP contribution in [-0.2, 0) is 30.8 Å². The van der Waals surface area contributed by atoms with Crippen molar-refractivity contribution in [1.82, 2.24) is 14.6 Å². The van der Waals surface area contributed by atoms with Crippen LogP contribution >= 0.6 is 11.6 Å². The fourth-order valence-corrected chi connectivity index (χ4v) is 8.91. The third kappa shape index (κ3) is 6.02. The van der Waals surface area contributed by atoms with E-state index in [1.165, 1.54) is 16.6 Å². The van der Waals surface area contributed by atoms with E-state index in [-0.39, 0.29) is 41.8 Å². The molecule has 0 bridgehead atoms. The molecule has 1 saturated heterocycles. The van der Waals surface area contributed by atoms with Crippen molar-refractivity contribution in [1.29, 1.82) is 0 Å². The van der Waals surface area contributed by atoms with Gasteiger partial charge in [0.05, 0.1) is 16.5 Å². The van der Waals surface area contributed by atoms with Crippen LogP contribution in [-0.4, -0.2) is 60.3 Å². The maximum absolute atomic E-state index is 13.8. The lowest BCUT2D eigenvalue weighted by atomic mass is 9.82. The molecule has 3 fully saturated rings. The number of nitrogens with zero attached hydrogens (tertiary/aromatic N) is 1. The molecule has 13 heteroatoms. The van der Waals surface area contributed by atoms with E-state index >= 15 is 0 Å². The first-order valence-corrected chi connectivity index (χ1v) is 16.7. The average Bonchev–Trinajstić information content (AvgIpc) is 3.73.